The second-order valence-electron chi connectivity index (χ2n) is 4.84. The van der Waals surface area contributed by atoms with Crippen molar-refractivity contribution >= 4 is 23.3 Å². The number of rotatable bonds is 6. The summed E-state index contributed by atoms with van der Waals surface area (Å²) in [6.45, 7) is 0.657. The normalized spacial score (nSPS) is 16.0. The minimum Gasteiger partial charge on any atom is -0.409 e. The highest BCUT2D eigenvalue weighted by molar-refractivity contribution is 7.98. The zero-order chi connectivity index (χ0) is 14.5. The van der Waals surface area contributed by atoms with E-state index in [1.807, 2.05) is 24.5 Å². The van der Waals surface area contributed by atoms with Crippen LogP contribution in [0.1, 0.15) is 24.8 Å². The lowest BCUT2D eigenvalue weighted by Gasteiger charge is -2.40. The molecule has 0 spiro atoms. The van der Waals surface area contributed by atoms with Gasteiger partial charge in [0.1, 0.15) is 0 Å². The first-order chi connectivity index (χ1) is 9.72. The SMILES string of the molecule is CSc1cccc(N(CCO)C2CCC2)c1/C(N)=N/O. The molecule has 5 nitrogen and oxygen atoms in total. The molecule has 1 fully saturated rings. The Hall–Kier alpha value is -1.40. The Morgan fingerprint density at radius 2 is 2.25 bits per heavy atom. The van der Waals surface area contributed by atoms with Gasteiger partial charge in [-0.15, -0.1) is 11.8 Å². The molecule has 1 aliphatic carbocycles. The van der Waals surface area contributed by atoms with Crippen LogP contribution in [0, 0.1) is 0 Å². The average molecular weight is 295 g/mol. The van der Waals surface area contributed by atoms with Gasteiger partial charge >= 0.3 is 0 Å². The van der Waals surface area contributed by atoms with Gasteiger partial charge in [-0.05, 0) is 37.7 Å². The zero-order valence-electron chi connectivity index (χ0n) is 11.6. The van der Waals surface area contributed by atoms with Crippen LogP contribution in [-0.4, -0.2) is 41.6 Å². The van der Waals surface area contributed by atoms with E-state index in [0.29, 0.717) is 12.6 Å². The molecule has 20 heavy (non-hydrogen) atoms. The van der Waals surface area contributed by atoms with Crippen LogP contribution in [0.25, 0.3) is 0 Å². The maximum Gasteiger partial charge on any atom is 0.173 e. The number of nitrogens with two attached hydrogens (primary N) is 1. The van der Waals surface area contributed by atoms with E-state index in [1.165, 1.54) is 6.42 Å². The molecular formula is C14H21N3O2S. The van der Waals surface area contributed by atoms with Crippen LogP contribution in [0.15, 0.2) is 28.3 Å². The lowest BCUT2D eigenvalue weighted by atomic mass is 9.90. The number of nitrogens with zero attached hydrogens (tertiary/aromatic N) is 2. The quantitative estimate of drug-likeness (QED) is 0.245. The van der Waals surface area contributed by atoms with E-state index in [4.69, 9.17) is 10.9 Å². The molecule has 0 atom stereocenters. The van der Waals surface area contributed by atoms with E-state index >= 15 is 0 Å². The first-order valence-corrected chi connectivity index (χ1v) is 7.97. The fourth-order valence-corrected chi connectivity index (χ4v) is 3.17. The summed E-state index contributed by atoms with van der Waals surface area (Å²) in [7, 11) is 0. The van der Waals surface area contributed by atoms with Gasteiger partial charge in [-0.2, -0.15) is 0 Å². The Morgan fingerprint density at radius 1 is 1.50 bits per heavy atom. The highest BCUT2D eigenvalue weighted by Gasteiger charge is 2.27. The molecule has 1 aliphatic rings. The van der Waals surface area contributed by atoms with Gasteiger partial charge in [-0.25, -0.2) is 0 Å². The van der Waals surface area contributed by atoms with Crippen LogP contribution in [0.4, 0.5) is 5.69 Å². The Labute approximate surface area is 123 Å². The second-order valence-corrected chi connectivity index (χ2v) is 5.69. The maximum atomic E-state index is 9.32. The third-order valence-corrected chi connectivity index (χ3v) is 4.53. The minimum absolute atomic E-state index is 0.0929. The Kier molecular flexibility index (Phi) is 5.14. The van der Waals surface area contributed by atoms with Gasteiger partial charge in [-0.1, -0.05) is 11.2 Å². The highest BCUT2D eigenvalue weighted by atomic mass is 32.2. The van der Waals surface area contributed by atoms with Crippen LogP contribution in [0.5, 0.6) is 0 Å². The van der Waals surface area contributed by atoms with E-state index in [2.05, 4.69) is 10.1 Å². The van der Waals surface area contributed by atoms with Crippen LogP contribution in [-0.2, 0) is 0 Å². The van der Waals surface area contributed by atoms with E-state index < -0.39 is 0 Å². The molecule has 0 amide bonds. The molecule has 1 saturated carbocycles. The first kappa shape index (κ1) is 15.0. The third kappa shape index (κ3) is 2.86. The second kappa shape index (κ2) is 6.85. The summed E-state index contributed by atoms with van der Waals surface area (Å²) in [6, 6.07) is 6.34. The molecule has 110 valence electrons. The fourth-order valence-electron chi connectivity index (χ4n) is 2.54. The van der Waals surface area contributed by atoms with Crippen LogP contribution in [0.2, 0.25) is 0 Å². The Morgan fingerprint density at radius 3 is 2.75 bits per heavy atom. The molecule has 1 aromatic rings. The van der Waals surface area contributed by atoms with Crippen molar-refractivity contribution < 1.29 is 10.3 Å². The number of anilines is 1. The Balaban J connectivity index is 2.47. The number of aliphatic hydroxyl groups is 1. The van der Waals surface area contributed by atoms with Gasteiger partial charge in [0, 0.05) is 23.2 Å². The molecule has 6 heteroatoms. The van der Waals surface area contributed by atoms with E-state index in [-0.39, 0.29) is 12.4 Å². The van der Waals surface area contributed by atoms with Crippen LogP contribution >= 0.6 is 11.8 Å². The van der Waals surface area contributed by atoms with Crippen molar-refractivity contribution in [3.05, 3.63) is 23.8 Å². The summed E-state index contributed by atoms with van der Waals surface area (Å²) >= 11 is 1.57. The lowest BCUT2D eigenvalue weighted by Crippen LogP contribution is -2.43. The van der Waals surface area contributed by atoms with Crippen LogP contribution in [0.3, 0.4) is 0 Å². The van der Waals surface area contributed by atoms with E-state index in [9.17, 15) is 5.11 Å². The van der Waals surface area contributed by atoms with Crippen molar-refractivity contribution in [3.63, 3.8) is 0 Å². The van der Waals surface area contributed by atoms with Gasteiger partial charge in [0.05, 0.1) is 12.2 Å². The van der Waals surface area contributed by atoms with E-state index in [0.717, 1.165) is 29.0 Å². The minimum atomic E-state index is 0.0929. The molecule has 0 saturated heterocycles. The molecular weight excluding hydrogens is 274 g/mol. The smallest absolute Gasteiger partial charge is 0.173 e. The number of hydrogen-bond donors (Lipinski definition) is 3. The summed E-state index contributed by atoms with van der Waals surface area (Å²) in [5.41, 5.74) is 7.55. The number of aliphatic hydroxyl groups excluding tert-OH is 1. The van der Waals surface area contributed by atoms with E-state index in [1.54, 1.807) is 11.8 Å². The summed E-state index contributed by atoms with van der Waals surface area (Å²) in [5, 5.41) is 21.5. The predicted octanol–water partition coefficient (Wildman–Crippen LogP) is 1.85. The summed E-state index contributed by atoms with van der Waals surface area (Å²) in [5.74, 6) is 0.118. The molecule has 0 unspecified atom stereocenters. The Bertz CT molecular complexity index is 489. The van der Waals surface area contributed by atoms with Crippen molar-refractivity contribution in [1.29, 1.82) is 0 Å². The summed E-state index contributed by atoms with van der Waals surface area (Å²) in [4.78, 5) is 3.15. The molecule has 0 aliphatic heterocycles. The molecule has 0 bridgehead atoms. The third-order valence-electron chi connectivity index (χ3n) is 3.75. The lowest BCUT2D eigenvalue weighted by molar-refractivity contribution is 0.283. The molecule has 4 N–H and O–H groups in total. The van der Waals surface area contributed by atoms with Crippen molar-refractivity contribution in [3.8, 4) is 0 Å². The molecule has 0 radical (unpaired) electrons. The fraction of sp³-hybridized carbons (Fsp3) is 0.500. The zero-order valence-corrected chi connectivity index (χ0v) is 12.4. The summed E-state index contributed by atoms with van der Waals surface area (Å²) in [6.07, 6.45) is 5.43. The van der Waals surface area contributed by atoms with Crippen molar-refractivity contribution in [2.75, 3.05) is 24.3 Å². The first-order valence-electron chi connectivity index (χ1n) is 6.75. The number of benzene rings is 1. The number of thioether (sulfide) groups is 1. The number of hydrogen-bond acceptors (Lipinski definition) is 5. The van der Waals surface area contributed by atoms with Crippen molar-refractivity contribution in [1.82, 2.24) is 0 Å². The van der Waals surface area contributed by atoms with Crippen LogP contribution < -0.4 is 10.6 Å². The number of oxime groups is 1. The predicted molar refractivity (Wildman–Crippen MR) is 82.8 cm³/mol. The van der Waals surface area contributed by atoms with Gasteiger partial charge in [0.2, 0.25) is 0 Å². The standard InChI is InChI=1S/C14H21N3O2S/c1-20-12-7-3-6-11(13(12)14(15)16-19)17(8-9-18)10-4-2-5-10/h3,6-7,10,18-19H,2,4-5,8-9H2,1H3,(H2,15,16). The molecule has 0 aromatic heterocycles. The average Bonchev–Trinajstić information content (AvgIpc) is 2.43. The van der Waals surface area contributed by atoms with Crippen molar-refractivity contribution in [2.24, 2.45) is 10.9 Å². The van der Waals surface area contributed by atoms with Gasteiger partial charge in [0.15, 0.2) is 5.84 Å². The van der Waals surface area contributed by atoms with Gasteiger partial charge in [0.25, 0.3) is 0 Å². The molecule has 1 aromatic carbocycles. The molecule has 0 heterocycles. The maximum absolute atomic E-state index is 9.32. The highest BCUT2D eigenvalue weighted by Crippen LogP contribution is 2.35. The summed E-state index contributed by atoms with van der Waals surface area (Å²) < 4.78 is 0. The molecule has 2 rings (SSSR count). The largest absolute Gasteiger partial charge is 0.409 e. The van der Waals surface area contributed by atoms with Gasteiger partial charge in [-0.3, -0.25) is 0 Å². The topological polar surface area (TPSA) is 82.1 Å². The number of amidine groups is 1. The van der Waals surface area contributed by atoms with Crippen molar-refractivity contribution in [2.45, 2.75) is 30.2 Å². The monoisotopic (exact) mass is 295 g/mol. The van der Waals surface area contributed by atoms with Gasteiger partial charge < -0.3 is 20.9 Å².